The minimum atomic E-state index is 0.398. The second-order valence-corrected chi connectivity index (χ2v) is 6.44. The molecule has 3 N–H and O–H groups in total. The number of hydrazine groups is 1. The fourth-order valence-corrected chi connectivity index (χ4v) is 3.67. The van der Waals surface area contributed by atoms with Crippen molar-refractivity contribution in [3.63, 3.8) is 0 Å². The molecule has 0 aliphatic carbocycles. The van der Waals surface area contributed by atoms with Crippen molar-refractivity contribution < 1.29 is 0 Å². The quantitative estimate of drug-likeness (QED) is 0.401. The first-order valence-corrected chi connectivity index (χ1v) is 8.64. The molecule has 0 fully saturated rings. The van der Waals surface area contributed by atoms with Crippen LogP contribution < -0.4 is 11.3 Å². The third kappa shape index (κ3) is 4.30. The summed E-state index contributed by atoms with van der Waals surface area (Å²) in [6.07, 6.45) is 8.83. The Hall–Kier alpha value is -0.900. The Morgan fingerprint density at radius 2 is 1.95 bits per heavy atom. The Labute approximate surface area is 126 Å². The summed E-state index contributed by atoms with van der Waals surface area (Å²) in [6.45, 7) is 2.26. The summed E-state index contributed by atoms with van der Waals surface area (Å²) in [5.74, 6) is 5.73. The summed E-state index contributed by atoms with van der Waals surface area (Å²) in [5.41, 5.74) is 4.43. The van der Waals surface area contributed by atoms with E-state index in [4.69, 9.17) is 5.84 Å². The maximum Gasteiger partial charge on any atom is 0.0345 e. The second kappa shape index (κ2) is 8.40. The van der Waals surface area contributed by atoms with E-state index in [-0.39, 0.29) is 0 Å². The van der Waals surface area contributed by atoms with Crippen molar-refractivity contribution in [2.45, 2.75) is 57.9 Å². The smallest absolute Gasteiger partial charge is 0.0345 e. The summed E-state index contributed by atoms with van der Waals surface area (Å²) in [6, 6.07) is 9.04. The van der Waals surface area contributed by atoms with Crippen molar-refractivity contribution >= 4 is 21.4 Å². The third-order valence-corrected chi connectivity index (χ3v) is 4.93. The molecule has 3 heteroatoms. The number of fused-ring (bicyclic) bond motifs is 1. The Balaban J connectivity index is 1.86. The number of nitrogens with one attached hydrogen (secondary N) is 1. The van der Waals surface area contributed by atoms with Gasteiger partial charge in [-0.05, 0) is 35.2 Å². The number of nitrogens with two attached hydrogens (primary N) is 1. The molecule has 1 aromatic heterocycles. The normalized spacial score (nSPS) is 12.9. The molecule has 20 heavy (non-hydrogen) atoms. The van der Waals surface area contributed by atoms with Crippen LogP contribution >= 0.6 is 11.3 Å². The molecule has 1 atom stereocenters. The van der Waals surface area contributed by atoms with Crippen LogP contribution in [-0.4, -0.2) is 6.04 Å². The molecule has 2 aromatic rings. The third-order valence-electron chi connectivity index (χ3n) is 3.92. The van der Waals surface area contributed by atoms with Gasteiger partial charge in [-0.2, -0.15) is 0 Å². The van der Waals surface area contributed by atoms with Crippen molar-refractivity contribution in [3.05, 3.63) is 35.2 Å². The van der Waals surface area contributed by atoms with E-state index in [0.717, 1.165) is 6.42 Å². The van der Waals surface area contributed by atoms with Crippen LogP contribution in [-0.2, 0) is 6.42 Å². The highest BCUT2D eigenvalue weighted by molar-refractivity contribution is 7.17. The van der Waals surface area contributed by atoms with Gasteiger partial charge in [-0.1, -0.05) is 57.2 Å². The first kappa shape index (κ1) is 15.5. The maximum absolute atomic E-state index is 5.73. The lowest BCUT2D eigenvalue weighted by Gasteiger charge is -2.15. The lowest BCUT2D eigenvalue weighted by molar-refractivity contribution is 0.462. The molecule has 2 rings (SSSR count). The van der Waals surface area contributed by atoms with Crippen LogP contribution in [0.25, 0.3) is 10.1 Å². The molecular weight excluding hydrogens is 264 g/mol. The molecule has 0 radical (unpaired) electrons. The fourth-order valence-electron chi connectivity index (χ4n) is 2.69. The summed E-state index contributed by atoms with van der Waals surface area (Å²) in [7, 11) is 0. The molecule has 110 valence electrons. The number of rotatable bonds is 9. The van der Waals surface area contributed by atoms with Crippen molar-refractivity contribution in [1.29, 1.82) is 0 Å². The molecule has 1 heterocycles. The van der Waals surface area contributed by atoms with Gasteiger partial charge in [-0.3, -0.25) is 11.3 Å². The Kier molecular flexibility index (Phi) is 6.51. The van der Waals surface area contributed by atoms with E-state index in [1.54, 1.807) is 0 Å². The fraction of sp³-hybridized carbons (Fsp3) is 0.529. The van der Waals surface area contributed by atoms with Crippen LogP contribution in [0, 0.1) is 0 Å². The van der Waals surface area contributed by atoms with Gasteiger partial charge in [0.05, 0.1) is 0 Å². The molecule has 0 spiro atoms. The summed E-state index contributed by atoms with van der Waals surface area (Å²) < 4.78 is 1.38. The first-order valence-electron chi connectivity index (χ1n) is 7.76. The van der Waals surface area contributed by atoms with Gasteiger partial charge in [-0.15, -0.1) is 11.3 Å². The number of hydrogen-bond acceptors (Lipinski definition) is 3. The Bertz CT molecular complexity index is 506. The van der Waals surface area contributed by atoms with Gasteiger partial charge < -0.3 is 0 Å². The largest absolute Gasteiger partial charge is 0.271 e. The maximum atomic E-state index is 5.73. The molecule has 2 nitrogen and oxygen atoms in total. The molecule has 0 aliphatic heterocycles. The minimum absolute atomic E-state index is 0.398. The van der Waals surface area contributed by atoms with E-state index in [2.05, 4.69) is 42.0 Å². The van der Waals surface area contributed by atoms with E-state index in [9.17, 15) is 0 Å². The predicted octanol–water partition coefficient (Wildman–Crippen LogP) is 4.64. The highest BCUT2D eigenvalue weighted by Crippen LogP contribution is 2.27. The Morgan fingerprint density at radius 1 is 1.15 bits per heavy atom. The van der Waals surface area contributed by atoms with Crippen molar-refractivity contribution in [2.24, 2.45) is 5.84 Å². The molecule has 0 amide bonds. The molecule has 0 saturated carbocycles. The number of hydrogen-bond donors (Lipinski definition) is 2. The summed E-state index contributed by atoms with van der Waals surface area (Å²) in [4.78, 5) is 0. The van der Waals surface area contributed by atoms with Crippen molar-refractivity contribution in [3.8, 4) is 0 Å². The Morgan fingerprint density at radius 3 is 2.75 bits per heavy atom. The van der Waals surface area contributed by atoms with E-state index in [1.807, 2.05) is 11.3 Å². The number of unbranched alkanes of at least 4 members (excludes halogenated alkanes) is 4. The standard InChI is InChI=1S/C17H26N2S/c1-2-3-4-5-6-9-15(19-18)12-14-13-20-17-11-8-7-10-16(14)17/h7-8,10-11,13,15,19H,2-6,9,12,18H2,1H3. The van der Waals surface area contributed by atoms with Crippen LogP contribution in [0.15, 0.2) is 29.6 Å². The molecule has 0 saturated heterocycles. The number of thiophene rings is 1. The predicted molar refractivity (Wildman–Crippen MR) is 90.0 cm³/mol. The van der Waals surface area contributed by atoms with Gasteiger partial charge in [0.25, 0.3) is 0 Å². The monoisotopic (exact) mass is 290 g/mol. The van der Waals surface area contributed by atoms with Crippen LogP contribution in [0.5, 0.6) is 0 Å². The molecule has 0 aliphatic rings. The number of benzene rings is 1. The van der Waals surface area contributed by atoms with Gasteiger partial charge >= 0.3 is 0 Å². The van der Waals surface area contributed by atoms with E-state index in [1.165, 1.54) is 54.2 Å². The first-order chi connectivity index (χ1) is 9.85. The summed E-state index contributed by atoms with van der Waals surface area (Å²) in [5, 5.41) is 3.68. The molecule has 1 aromatic carbocycles. The SMILES string of the molecule is CCCCCCCC(Cc1csc2ccccc12)NN. The topological polar surface area (TPSA) is 38.0 Å². The highest BCUT2D eigenvalue weighted by Gasteiger charge is 2.11. The lowest BCUT2D eigenvalue weighted by Crippen LogP contribution is -2.36. The molecule has 1 unspecified atom stereocenters. The average Bonchev–Trinajstić information content (AvgIpc) is 2.89. The van der Waals surface area contributed by atoms with Crippen LogP contribution in [0.1, 0.15) is 51.0 Å². The van der Waals surface area contributed by atoms with E-state index < -0.39 is 0 Å². The van der Waals surface area contributed by atoms with Gasteiger partial charge in [0.1, 0.15) is 0 Å². The summed E-state index contributed by atoms with van der Waals surface area (Å²) >= 11 is 1.83. The van der Waals surface area contributed by atoms with Crippen LogP contribution in [0.2, 0.25) is 0 Å². The van der Waals surface area contributed by atoms with E-state index in [0.29, 0.717) is 6.04 Å². The lowest BCUT2D eigenvalue weighted by atomic mass is 10.00. The van der Waals surface area contributed by atoms with Crippen molar-refractivity contribution in [2.75, 3.05) is 0 Å². The molecular formula is C17H26N2S. The van der Waals surface area contributed by atoms with Crippen molar-refractivity contribution in [1.82, 2.24) is 5.43 Å². The zero-order chi connectivity index (χ0) is 14.2. The van der Waals surface area contributed by atoms with Gasteiger partial charge in [0.15, 0.2) is 0 Å². The average molecular weight is 290 g/mol. The highest BCUT2D eigenvalue weighted by atomic mass is 32.1. The zero-order valence-electron chi connectivity index (χ0n) is 12.4. The zero-order valence-corrected chi connectivity index (χ0v) is 13.2. The van der Waals surface area contributed by atoms with Gasteiger partial charge in [-0.25, -0.2) is 0 Å². The van der Waals surface area contributed by atoms with Gasteiger partial charge in [0, 0.05) is 10.7 Å². The molecule has 0 bridgehead atoms. The minimum Gasteiger partial charge on any atom is -0.271 e. The van der Waals surface area contributed by atoms with Crippen LogP contribution in [0.3, 0.4) is 0 Å². The second-order valence-electron chi connectivity index (χ2n) is 5.53. The van der Waals surface area contributed by atoms with E-state index >= 15 is 0 Å². The van der Waals surface area contributed by atoms with Gasteiger partial charge in [0.2, 0.25) is 0 Å². The van der Waals surface area contributed by atoms with Crippen LogP contribution in [0.4, 0.5) is 0 Å².